The minimum Gasteiger partial charge on any atom is -0.315 e. The fourth-order valence-electron chi connectivity index (χ4n) is 1.88. The van der Waals surface area contributed by atoms with Gasteiger partial charge in [0.2, 0.25) is 10.0 Å². The topological polar surface area (TPSA) is 58.2 Å². The summed E-state index contributed by atoms with van der Waals surface area (Å²) in [4.78, 5) is -0.366. The van der Waals surface area contributed by atoms with E-state index in [1.807, 2.05) is 0 Å². The average Bonchev–Trinajstić information content (AvgIpc) is 2.80. The van der Waals surface area contributed by atoms with E-state index in [2.05, 4.69) is 10.0 Å². The molecule has 8 heteroatoms. The number of benzene rings is 1. The minimum absolute atomic E-state index is 0.278. The normalized spacial score (nSPS) is 20.7. The highest BCUT2D eigenvalue weighted by Crippen LogP contribution is 2.30. The molecule has 1 fully saturated rings. The number of nitrogens with one attached hydrogen (secondary N) is 2. The summed E-state index contributed by atoms with van der Waals surface area (Å²) in [6.07, 6.45) is -3.93. The van der Waals surface area contributed by atoms with Crippen LogP contribution in [0, 0.1) is 0 Å². The highest BCUT2D eigenvalue weighted by atomic mass is 32.2. The Labute approximate surface area is 109 Å². The Morgan fingerprint density at radius 2 is 2.05 bits per heavy atom. The lowest BCUT2D eigenvalue weighted by atomic mass is 10.2. The number of halogens is 3. The van der Waals surface area contributed by atoms with Gasteiger partial charge in [-0.05, 0) is 31.2 Å². The van der Waals surface area contributed by atoms with Crippen molar-refractivity contribution in [1.29, 1.82) is 0 Å². The summed E-state index contributed by atoms with van der Waals surface area (Å²) >= 11 is 0. The average molecular weight is 294 g/mol. The predicted octanol–water partition coefficient (Wildman–Crippen LogP) is 1.35. The van der Waals surface area contributed by atoms with Gasteiger partial charge in [-0.1, -0.05) is 6.07 Å². The van der Waals surface area contributed by atoms with E-state index in [0.29, 0.717) is 25.6 Å². The smallest absolute Gasteiger partial charge is 0.315 e. The second-order valence-corrected chi connectivity index (χ2v) is 6.05. The van der Waals surface area contributed by atoms with Gasteiger partial charge in [-0.25, -0.2) is 13.1 Å². The Morgan fingerprint density at radius 3 is 2.63 bits per heavy atom. The molecule has 2 N–H and O–H groups in total. The van der Waals surface area contributed by atoms with E-state index in [-0.39, 0.29) is 10.9 Å². The molecule has 4 nitrogen and oxygen atoms in total. The molecule has 0 saturated carbocycles. The van der Waals surface area contributed by atoms with Crippen molar-refractivity contribution in [2.24, 2.45) is 0 Å². The van der Waals surface area contributed by atoms with Crippen LogP contribution in [-0.4, -0.2) is 27.5 Å². The van der Waals surface area contributed by atoms with Crippen molar-refractivity contribution in [2.75, 3.05) is 13.1 Å². The maximum atomic E-state index is 12.5. The minimum atomic E-state index is -4.56. The largest absolute Gasteiger partial charge is 0.416 e. The van der Waals surface area contributed by atoms with Crippen LogP contribution in [0.1, 0.15) is 12.0 Å². The van der Waals surface area contributed by atoms with Gasteiger partial charge < -0.3 is 5.32 Å². The van der Waals surface area contributed by atoms with Crippen LogP contribution in [0.15, 0.2) is 29.2 Å². The molecule has 1 aliphatic heterocycles. The van der Waals surface area contributed by atoms with Crippen molar-refractivity contribution in [3.05, 3.63) is 29.8 Å². The summed E-state index contributed by atoms with van der Waals surface area (Å²) in [5.74, 6) is 0. The summed E-state index contributed by atoms with van der Waals surface area (Å²) in [5, 5.41) is 2.98. The van der Waals surface area contributed by atoms with Gasteiger partial charge in [0, 0.05) is 12.6 Å². The van der Waals surface area contributed by atoms with Gasteiger partial charge in [-0.15, -0.1) is 0 Å². The summed E-state index contributed by atoms with van der Waals surface area (Å²) in [5.41, 5.74) is -0.972. The first kappa shape index (κ1) is 14.3. The number of sulfonamides is 1. The molecule has 0 radical (unpaired) electrons. The first-order valence-corrected chi connectivity index (χ1v) is 7.18. The van der Waals surface area contributed by atoms with E-state index in [9.17, 15) is 21.6 Å². The molecule has 0 bridgehead atoms. The van der Waals surface area contributed by atoms with Crippen LogP contribution in [-0.2, 0) is 16.2 Å². The van der Waals surface area contributed by atoms with Crippen LogP contribution in [0.2, 0.25) is 0 Å². The highest BCUT2D eigenvalue weighted by molar-refractivity contribution is 7.89. The lowest BCUT2D eigenvalue weighted by Crippen LogP contribution is -2.36. The Bertz CT molecular complexity index is 551. The van der Waals surface area contributed by atoms with Crippen molar-refractivity contribution < 1.29 is 21.6 Å². The third kappa shape index (κ3) is 3.46. The molecule has 1 aromatic carbocycles. The van der Waals surface area contributed by atoms with Gasteiger partial charge in [0.15, 0.2) is 0 Å². The number of hydrogen-bond donors (Lipinski definition) is 2. The second-order valence-electron chi connectivity index (χ2n) is 4.34. The molecule has 1 saturated heterocycles. The maximum absolute atomic E-state index is 12.5. The molecule has 0 unspecified atom stereocenters. The van der Waals surface area contributed by atoms with Crippen LogP contribution in [0.3, 0.4) is 0 Å². The molecule has 1 heterocycles. The van der Waals surface area contributed by atoms with Crippen molar-refractivity contribution in [3.63, 3.8) is 0 Å². The van der Waals surface area contributed by atoms with Gasteiger partial charge in [-0.3, -0.25) is 0 Å². The molecular weight excluding hydrogens is 281 g/mol. The second kappa shape index (κ2) is 5.10. The van der Waals surface area contributed by atoms with Crippen molar-refractivity contribution in [1.82, 2.24) is 10.0 Å². The van der Waals surface area contributed by atoms with Gasteiger partial charge in [0.1, 0.15) is 0 Å². The standard InChI is InChI=1S/C11H13F3N2O2S/c12-11(13,14)8-2-1-3-10(6-8)19(17,18)16-9-4-5-15-7-9/h1-3,6,9,15-16H,4-5,7H2/t9-/m1/s1. The zero-order valence-corrected chi connectivity index (χ0v) is 10.7. The predicted molar refractivity (Wildman–Crippen MR) is 63.0 cm³/mol. The molecule has 1 aliphatic rings. The van der Waals surface area contributed by atoms with Crippen molar-refractivity contribution >= 4 is 10.0 Å². The number of rotatable bonds is 3. The van der Waals surface area contributed by atoms with Crippen LogP contribution in [0.4, 0.5) is 13.2 Å². The van der Waals surface area contributed by atoms with E-state index in [1.165, 1.54) is 0 Å². The Balaban J connectivity index is 2.25. The molecule has 106 valence electrons. The maximum Gasteiger partial charge on any atom is 0.416 e. The first-order valence-electron chi connectivity index (χ1n) is 5.69. The lowest BCUT2D eigenvalue weighted by Gasteiger charge is -2.13. The summed E-state index contributed by atoms with van der Waals surface area (Å²) < 4.78 is 63.9. The van der Waals surface area contributed by atoms with E-state index >= 15 is 0 Å². The molecule has 1 aromatic rings. The zero-order chi connectivity index (χ0) is 14.1. The van der Waals surface area contributed by atoms with Gasteiger partial charge in [-0.2, -0.15) is 13.2 Å². The Morgan fingerprint density at radius 1 is 1.32 bits per heavy atom. The summed E-state index contributed by atoms with van der Waals surface area (Å²) in [6.45, 7) is 1.17. The molecule has 19 heavy (non-hydrogen) atoms. The van der Waals surface area contributed by atoms with Crippen LogP contribution in [0.25, 0.3) is 0 Å². The van der Waals surface area contributed by atoms with E-state index in [1.54, 1.807) is 0 Å². The molecular formula is C11H13F3N2O2S. The van der Waals surface area contributed by atoms with Crippen LogP contribution in [0.5, 0.6) is 0 Å². The van der Waals surface area contributed by atoms with Crippen molar-refractivity contribution in [3.8, 4) is 0 Å². The summed E-state index contributed by atoms with van der Waals surface area (Å²) in [6, 6.07) is 3.45. The number of hydrogen-bond acceptors (Lipinski definition) is 3. The molecule has 2 rings (SSSR count). The fourth-order valence-corrected chi connectivity index (χ4v) is 3.20. The zero-order valence-electron chi connectivity index (χ0n) is 9.87. The third-order valence-corrected chi connectivity index (χ3v) is 4.37. The van der Waals surface area contributed by atoms with Crippen molar-refractivity contribution in [2.45, 2.75) is 23.5 Å². The quantitative estimate of drug-likeness (QED) is 0.884. The Kier molecular flexibility index (Phi) is 3.84. The van der Waals surface area contributed by atoms with Gasteiger partial charge in [0.05, 0.1) is 10.5 Å². The molecule has 0 aliphatic carbocycles. The van der Waals surface area contributed by atoms with E-state index in [4.69, 9.17) is 0 Å². The van der Waals surface area contributed by atoms with E-state index < -0.39 is 21.8 Å². The van der Waals surface area contributed by atoms with Crippen LogP contribution < -0.4 is 10.0 Å². The van der Waals surface area contributed by atoms with Gasteiger partial charge in [0.25, 0.3) is 0 Å². The van der Waals surface area contributed by atoms with Crippen LogP contribution >= 0.6 is 0 Å². The fraction of sp³-hybridized carbons (Fsp3) is 0.455. The highest BCUT2D eigenvalue weighted by Gasteiger charge is 2.32. The Hall–Kier alpha value is -1.12. The molecule has 0 aromatic heterocycles. The molecule has 1 atom stereocenters. The molecule has 0 amide bonds. The SMILES string of the molecule is O=S(=O)(N[C@@H]1CCNC1)c1cccc(C(F)(F)F)c1. The molecule has 0 spiro atoms. The van der Waals surface area contributed by atoms with Gasteiger partial charge >= 0.3 is 6.18 Å². The third-order valence-electron chi connectivity index (χ3n) is 2.85. The number of alkyl halides is 3. The summed E-state index contributed by atoms with van der Waals surface area (Å²) in [7, 11) is -3.92. The monoisotopic (exact) mass is 294 g/mol. The van der Waals surface area contributed by atoms with E-state index in [0.717, 1.165) is 18.2 Å². The lowest BCUT2D eigenvalue weighted by molar-refractivity contribution is -0.137. The first-order chi connectivity index (χ1) is 8.79.